The quantitative estimate of drug-likeness (QED) is 0.640. The number of hydrogen-bond acceptors (Lipinski definition) is 4. The van der Waals surface area contributed by atoms with Crippen molar-refractivity contribution in [3.8, 4) is 5.75 Å². The second-order valence-corrected chi connectivity index (χ2v) is 5.75. The number of carboxylic acid groups (broad SMARTS) is 1. The summed E-state index contributed by atoms with van der Waals surface area (Å²) < 4.78 is 0. The molecule has 0 aliphatic carbocycles. The van der Waals surface area contributed by atoms with Gasteiger partial charge < -0.3 is 20.8 Å². The molecule has 2 amide bonds. The van der Waals surface area contributed by atoms with E-state index in [4.69, 9.17) is 5.11 Å². The van der Waals surface area contributed by atoms with Gasteiger partial charge >= 0.3 is 12.0 Å². The van der Waals surface area contributed by atoms with Crippen LogP contribution in [0.25, 0.3) is 0 Å². The molecule has 0 bridgehead atoms. The van der Waals surface area contributed by atoms with E-state index in [0.29, 0.717) is 0 Å². The molecule has 0 unspecified atom stereocenters. The van der Waals surface area contributed by atoms with Gasteiger partial charge in [0.25, 0.3) is 0 Å². The molecule has 4 N–H and O–H groups in total. The lowest BCUT2D eigenvalue weighted by atomic mass is 10.1. The molecule has 20 heavy (non-hydrogen) atoms. The summed E-state index contributed by atoms with van der Waals surface area (Å²) >= 11 is 1.87. The van der Waals surface area contributed by atoms with Crippen molar-refractivity contribution < 1.29 is 19.8 Å². The van der Waals surface area contributed by atoms with Crippen molar-refractivity contribution in [1.29, 1.82) is 0 Å². The van der Waals surface area contributed by atoms with Gasteiger partial charge in [0.2, 0.25) is 0 Å². The van der Waals surface area contributed by atoms with E-state index in [1.807, 2.05) is 11.8 Å². The van der Waals surface area contributed by atoms with Gasteiger partial charge in [-0.15, -0.1) is 0 Å². The van der Waals surface area contributed by atoms with Crippen LogP contribution < -0.4 is 10.6 Å². The summed E-state index contributed by atoms with van der Waals surface area (Å²) in [7, 11) is 0. The Labute approximate surface area is 120 Å². The van der Waals surface area contributed by atoms with E-state index in [1.54, 1.807) is 0 Å². The molecule has 1 fully saturated rings. The molecule has 1 aromatic carbocycles. The third-order valence-corrected chi connectivity index (χ3v) is 4.10. The SMILES string of the molecule is O=C(Nc1ccc(C(=O)O)cc1O)NC1CCSCC1. The molecule has 6 nitrogen and oxygen atoms in total. The predicted molar refractivity (Wildman–Crippen MR) is 77.6 cm³/mol. The third kappa shape index (κ3) is 3.80. The summed E-state index contributed by atoms with van der Waals surface area (Å²) in [6.07, 6.45) is 1.87. The lowest BCUT2D eigenvalue weighted by Crippen LogP contribution is -2.39. The highest BCUT2D eigenvalue weighted by Gasteiger charge is 2.17. The molecule has 1 heterocycles. The Morgan fingerprint density at radius 1 is 1.25 bits per heavy atom. The van der Waals surface area contributed by atoms with Gasteiger partial charge in [0, 0.05) is 6.04 Å². The number of aromatic hydroxyl groups is 1. The highest BCUT2D eigenvalue weighted by Crippen LogP contribution is 2.24. The Bertz CT molecular complexity index is 515. The van der Waals surface area contributed by atoms with Crippen molar-refractivity contribution in [2.75, 3.05) is 16.8 Å². The Hall–Kier alpha value is -1.89. The van der Waals surface area contributed by atoms with Gasteiger partial charge in [0.05, 0.1) is 11.3 Å². The van der Waals surface area contributed by atoms with E-state index in [1.165, 1.54) is 12.1 Å². The molecule has 0 spiro atoms. The summed E-state index contributed by atoms with van der Waals surface area (Å²) in [6.45, 7) is 0. The Balaban J connectivity index is 1.95. The molecule has 1 aromatic rings. The lowest BCUT2D eigenvalue weighted by Gasteiger charge is -2.22. The highest BCUT2D eigenvalue weighted by atomic mass is 32.2. The second-order valence-electron chi connectivity index (χ2n) is 4.52. The first-order valence-electron chi connectivity index (χ1n) is 6.28. The Morgan fingerprint density at radius 3 is 2.55 bits per heavy atom. The summed E-state index contributed by atoms with van der Waals surface area (Å²) in [5.41, 5.74) is 0.162. The molecule has 7 heteroatoms. The highest BCUT2D eigenvalue weighted by molar-refractivity contribution is 7.99. The maximum atomic E-state index is 11.8. The molecule has 1 saturated heterocycles. The number of carbonyl (C=O) groups is 2. The van der Waals surface area contributed by atoms with Crippen molar-refractivity contribution in [2.45, 2.75) is 18.9 Å². The van der Waals surface area contributed by atoms with Crippen LogP contribution >= 0.6 is 11.8 Å². The van der Waals surface area contributed by atoms with Crippen LogP contribution in [-0.2, 0) is 0 Å². The van der Waals surface area contributed by atoms with Crippen LogP contribution in [0.15, 0.2) is 18.2 Å². The maximum absolute atomic E-state index is 11.8. The number of aromatic carboxylic acids is 1. The van der Waals surface area contributed by atoms with E-state index in [0.717, 1.165) is 30.4 Å². The normalized spacial score (nSPS) is 15.6. The van der Waals surface area contributed by atoms with E-state index >= 15 is 0 Å². The second kappa shape index (κ2) is 6.51. The van der Waals surface area contributed by atoms with Crippen LogP contribution in [0.3, 0.4) is 0 Å². The van der Waals surface area contributed by atoms with Crippen LogP contribution in [0.1, 0.15) is 23.2 Å². The summed E-state index contributed by atoms with van der Waals surface area (Å²) in [4.78, 5) is 22.5. The smallest absolute Gasteiger partial charge is 0.335 e. The molecule has 1 aliphatic rings. The number of carbonyl (C=O) groups excluding carboxylic acids is 1. The average molecular weight is 296 g/mol. The standard InChI is InChI=1S/C13H16N2O4S/c16-11-7-8(12(17)18)1-2-10(11)15-13(19)14-9-3-5-20-6-4-9/h1-2,7,9,16H,3-6H2,(H,17,18)(H2,14,15,19). The number of hydrogen-bond donors (Lipinski definition) is 4. The monoisotopic (exact) mass is 296 g/mol. The number of amides is 2. The van der Waals surface area contributed by atoms with Gasteiger partial charge in [-0.05, 0) is 42.5 Å². The fourth-order valence-corrected chi connectivity index (χ4v) is 3.06. The van der Waals surface area contributed by atoms with Gasteiger partial charge in [0.1, 0.15) is 5.75 Å². The minimum Gasteiger partial charge on any atom is -0.506 e. The van der Waals surface area contributed by atoms with Gasteiger partial charge in [-0.3, -0.25) is 0 Å². The molecule has 0 atom stereocenters. The molecular weight excluding hydrogens is 280 g/mol. The third-order valence-electron chi connectivity index (χ3n) is 3.05. The molecule has 0 aromatic heterocycles. The zero-order valence-electron chi connectivity index (χ0n) is 10.8. The number of rotatable bonds is 3. The number of phenolic OH excluding ortho intramolecular Hbond substituents is 1. The molecular formula is C13H16N2O4S. The van der Waals surface area contributed by atoms with Gasteiger partial charge in [-0.25, -0.2) is 9.59 Å². The number of urea groups is 1. The summed E-state index contributed by atoms with van der Waals surface area (Å²) in [5.74, 6) is 0.669. The first kappa shape index (κ1) is 14.5. The van der Waals surface area contributed by atoms with E-state index in [-0.39, 0.29) is 29.1 Å². The number of nitrogens with one attached hydrogen (secondary N) is 2. The summed E-state index contributed by atoms with van der Waals surface area (Å²) in [6, 6.07) is 3.57. The number of carboxylic acids is 1. The largest absolute Gasteiger partial charge is 0.506 e. The number of anilines is 1. The van der Waals surface area contributed by atoms with Crippen LogP contribution in [-0.4, -0.2) is 39.8 Å². The Morgan fingerprint density at radius 2 is 1.95 bits per heavy atom. The van der Waals surface area contributed by atoms with Crippen molar-refractivity contribution in [2.24, 2.45) is 0 Å². The Kier molecular flexibility index (Phi) is 4.73. The van der Waals surface area contributed by atoms with Crippen molar-refractivity contribution in [1.82, 2.24) is 5.32 Å². The van der Waals surface area contributed by atoms with E-state index in [9.17, 15) is 14.7 Å². The van der Waals surface area contributed by atoms with Crippen molar-refractivity contribution in [3.63, 3.8) is 0 Å². The zero-order chi connectivity index (χ0) is 14.5. The predicted octanol–water partition coefficient (Wildman–Crippen LogP) is 2.11. The molecule has 1 aliphatic heterocycles. The molecule has 108 valence electrons. The molecule has 0 radical (unpaired) electrons. The molecule has 2 rings (SSSR count). The van der Waals surface area contributed by atoms with Gasteiger partial charge in [-0.2, -0.15) is 11.8 Å². The van der Waals surface area contributed by atoms with Gasteiger partial charge in [0.15, 0.2) is 0 Å². The van der Waals surface area contributed by atoms with E-state index in [2.05, 4.69) is 10.6 Å². The van der Waals surface area contributed by atoms with E-state index < -0.39 is 5.97 Å². The van der Waals surface area contributed by atoms with Crippen molar-refractivity contribution >= 4 is 29.4 Å². The first-order valence-corrected chi connectivity index (χ1v) is 7.43. The van der Waals surface area contributed by atoms with Crippen LogP contribution in [0, 0.1) is 0 Å². The van der Waals surface area contributed by atoms with Gasteiger partial charge in [-0.1, -0.05) is 0 Å². The fourth-order valence-electron chi connectivity index (χ4n) is 1.96. The minimum atomic E-state index is -1.13. The maximum Gasteiger partial charge on any atom is 0.335 e. The first-order chi connectivity index (χ1) is 9.56. The average Bonchev–Trinajstić information content (AvgIpc) is 2.42. The minimum absolute atomic E-state index is 0.0298. The number of benzene rings is 1. The topological polar surface area (TPSA) is 98.7 Å². The molecule has 0 saturated carbocycles. The van der Waals surface area contributed by atoms with Crippen LogP contribution in [0.5, 0.6) is 5.75 Å². The lowest BCUT2D eigenvalue weighted by molar-refractivity contribution is 0.0696. The van der Waals surface area contributed by atoms with Crippen LogP contribution in [0.4, 0.5) is 10.5 Å². The fraction of sp³-hybridized carbons (Fsp3) is 0.385. The number of phenols is 1. The van der Waals surface area contributed by atoms with Crippen LogP contribution in [0.2, 0.25) is 0 Å². The zero-order valence-corrected chi connectivity index (χ0v) is 11.6. The van der Waals surface area contributed by atoms with Crippen molar-refractivity contribution in [3.05, 3.63) is 23.8 Å². The summed E-state index contributed by atoms with van der Waals surface area (Å²) in [5, 5.41) is 23.8. The number of thioether (sulfide) groups is 1.